The molecule has 83 valence electrons. The second-order valence-electron chi connectivity index (χ2n) is 2.66. The normalized spacial score (nSPS) is 9.00. The molecule has 1 aromatic carbocycles. The second-order valence-corrected chi connectivity index (χ2v) is 2.66. The van der Waals surface area contributed by atoms with Gasteiger partial charge in [-0.25, -0.2) is 0 Å². The summed E-state index contributed by atoms with van der Waals surface area (Å²) in [7, 11) is 0. The topological polar surface area (TPSA) is 120 Å². The van der Waals surface area contributed by atoms with Gasteiger partial charge in [0.05, 0.1) is 17.9 Å². The van der Waals surface area contributed by atoms with Gasteiger partial charge in [0, 0.05) is 0 Å². The van der Waals surface area contributed by atoms with E-state index in [4.69, 9.17) is 0 Å². The summed E-state index contributed by atoms with van der Waals surface area (Å²) in [4.78, 5) is 31.2. The molecule has 0 aliphatic heterocycles. The summed E-state index contributed by atoms with van der Waals surface area (Å²) in [5.41, 5.74) is -1.68. The number of carbonyl (C=O) groups excluding carboxylic acids is 3. The van der Waals surface area contributed by atoms with Gasteiger partial charge in [0.2, 0.25) is 0 Å². The van der Waals surface area contributed by atoms with Crippen LogP contribution in [-0.4, -0.2) is 17.9 Å². The SMILES string of the molecule is O=C([O-])c1cc(C(=O)[O-])cc(C(=O)[O-])c1.[Ru+3]. The van der Waals surface area contributed by atoms with Crippen molar-refractivity contribution in [3.63, 3.8) is 0 Å². The Labute approximate surface area is 102 Å². The summed E-state index contributed by atoms with van der Waals surface area (Å²) in [6.07, 6.45) is 0. The van der Waals surface area contributed by atoms with Gasteiger partial charge in [0.15, 0.2) is 0 Å². The minimum Gasteiger partial charge on any atom is -0.545 e. The Morgan fingerprint density at radius 3 is 1.00 bits per heavy atom. The molecule has 0 amide bonds. The van der Waals surface area contributed by atoms with Crippen molar-refractivity contribution >= 4 is 17.9 Å². The molecule has 0 saturated carbocycles. The molecular formula is C9H3O6Ru. The van der Waals surface area contributed by atoms with Crippen LogP contribution in [0, 0.1) is 0 Å². The number of rotatable bonds is 3. The van der Waals surface area contributed by atoms with Crippen LogP contribution in [0.15, 0.2) is 18.2 Å². The molecular weight excluding hydrogens is 305 g/mol. The number of carboxylic acid groups (broad SMARTS) is 3. The fourth-order valence-electron chi connectivity index (χ4n) is 0.981. The Morgan fingerprint density at radius 1 is 0.688 bits per heavy atom. The largest absolute Gasteiger partial charge is 3.00 e. The number of aromatic carboxylic acids is 3. The van der Waals surface area contributed by atoms with Crippen LogP contribution in [0.3, 0.4) is 0 Å². The molecule has 0 aliphatic carbocycles. The standard InChI is InChI=1S/C9H6O6.Ru/c10-7(11)4-1-5(8(12)13)3-6(2-4)9(14)15;/h1-3H,(H,10,11)(H,12,13)(H,14,15);/q;+3/p-3. The van der Waals surface area contributed by atoms with Gasteiger partial charge in [-0.3, -0.25) is 0 Å². The van der Waals surface area contributed by atoms with Crippen molar-refractivity contribution in [3.05, 3.63) is 34.9 Å². The summed E-state index contributed by atoms with van der Waals surface area (Å²) < 4.78 is 0. The third kappa shape index (κ3) is 3.13. The molecule has 0 atom stereocenters. The summed E-state index contributed by atoms with van der Waals surface area (Å²) >= 11 is 0. The summed E-state index contributed by atoms with van der Waals surface area (Å²) in [6, 6.07) is 2.24. The molecule has 1 aromatic rings. The van der Waals surface area contributed by atoms with Crippen LogP contribution in [-0.2, 0) is 19.5 Å². The van der Waals surface area contributed by atoms with E-state index in [0.717, 1.165) is 18.2 Å². The monoisotopic (exact) mass is 309 g/mol. The zero-order chi connectivity index (χ0) is 11.6. The van der Waals surface area contributed by atoms with Crippen molar-refractivity contribution in [1.82, 2.24) is 0 Å². The maximum Gasteiger partial charge on any atom is 3.00 e. The van der Waals surface area contributed by atoms with Gasteiger partial charge in [0.1, 0.15) is 0 Å². The van der Waals surface area contributed by atoms with Crippen molar-refractivity contribution in [2.45, 2.75) is 0 Å². The molecule has 0 unspecified atom stereocenters. The van der Waals surface area contributed by atoms with Crippen LogP contribution < -0.4 is 15.3 Å². The summed E-state index contributed by atoms with van der Waals surface area (Å²) in [5, 5.41) is 31.2. The summed E-state index contributed by atoms with van der Waals surface area (Å²) in [5.74, 6) is -5.04. The van der Waals surface area contributed by atoms with Gasteiger partial charge in [-0.2, -0.15) is 0 Å². The maximum atomic E-state index is 10.4. The van der Waals surface area contributed by atoms with Crippen LogP contribution in [0.5, 0.6) is 0 Å². The molecule has 0 aromatic heterocycles. The van der Waals surface area contributed by atoms with E-state index < -0.39 is 34.6 Å². The van der Waals surface area contributed by atoms with Crippen molar-refractivity contribution < 1.29 is 49.2 Å². The van der Waals surface area contributed by atoms with Gasteiger partial charge in [-0.05, 0) is 34.9 Å². The first-order valence-corrected chi connectivity index (χ1v) is 3.71. The van der Waals surface area contributed by atoms with Crippen molar-refractivity contribution in [2.24, 2.45) is 0 Å². The van der Waals surface area contributed by atoms with Gasteiger partial charge < -0.3 is 29.7 Å². The van der Waals surface area contributed by atoms with Gasteiger partial charge in [-0.15, -0.1) is 0 Å². The number of carbonyl (C=O) groups is 3. The molecule has 0 heterocycles. The Balaban J connectivity index is 0.00000225. The zero-order valence-corrected chi connectivity index (χ0v) is 9.27. The molecule has 0 saturated heterocycles. The smallest absolute Gasteiger partial charge is 0.545 e. The van der Waals surface area contributed by atoms with Crippen LogP contribution in [0.4, 0.5) is 0 Å². The minimum atomic E-state index is -1.68. The molecule has 0 spiro atoms. The van der Waals surface area contributed by atoms with E-state index >= 15 is 0 Å². The number of hydrogen-bond acceptors (Lipinski definition) is 6. The average Bonchev–Trinajstić information content (AvgIpc) is 2.16. The maximum absolute atomic E-state index is 10.4. The fourth-order valence-corrected chi connectivity index (χ4v) is 0.981. The first-order chi connectivity index (χ1) is 6.91. The molecule has 1 radical (unpaired) electrons. The van der Waals surface area contributed by atoms with Gasteiger partial charge in [0.25, 0.3) is 0 Å². The average molecular weight is 308 g/mol. The Kier molecular flexibility index (Phi) is 4.78. The molecule has 7 heteroatoms. The second kappa shape index (κ2) is 5.37. The van der Waals surface area contributed by atoms with Crippen molar-refractivity contribution in [1.29, 1.82) is 0 Å². The van der Waals surface area contributed by atoms with E-state index in [-0.39, 0.29) is 19.5 Å². The van der Waals surface area contributed by atoms with Crippen LogP contribution >= 0.6 is 0 Å². The van der Waals surface area contributed by atoms with E-state index in [1.54, 1.807) is 0 Å². The van der Waals surface area contributed by atoms with E-state index in [9.17, 15) is 29.7 Å². The molecule has 6 nitrogen and oxygen atoms in total. The summed E-state index contributed by atoms with van der Waals surface area (Å²) in [6.45, 7) is 0. The molecule has 16 heavy (non-hydrogen) atoms. The van der Waals surface area contributed by atoms with Crippen LogP contribution in [0.1, 0.15) is 31.1 Å². The van der Waals surface area contributed by atoms with E-state index in [1.165, 1.54) is 0 Å². The van der Waals surface area contributed by atoms with Crippen molar-refractivity contribution in [3.8, 4) is 0 Å². The minimum absolute atomic E-state index is 0. The van der Waals surface area contributed by atoms with Gasteiger partial charge in [-0.1, -0.05) is 0 Å². The molecule has 0 fully saturated rings. The first-order valence-electron chi connectivity index (χ1n) is 3.71. The van der Waals surface area contributed by atoms with E-state index in [1.807, 2.05) is 0 Å². The number of hydrogen-bond donors (Lipinski definition) is 0. The van der Waals surface area contributed by atoms with Crippen LogP contribution in [0.2, 0.25) is 0 Å². The molecule has 0 N–H and O–H groups in total. The Bertz CT molecular complexity index is 374. The van der Waals surface area contributed by atoms with E-state index in [2.05, 4.69) is 0 Å². The first kappa shape index (κ1) is 14.3. The third-order valence-electron chi connectivity index (χ3n) is 1.64. The van der Waals surface area contributed by atoms with E-state index in [0.29, 0.717) is 0 Å². The fraction of sp³-hybridized carbons (Fsp3) is 0. The Morgan fingerprint density at radius 2 is 0.875 bits per heavy atom. The predicted octanol–water partition coefficient (Wildman–Crippen LogP) is -3.23. The Hall–Kier alpha value is -1.75. The zero-order valence-electron chi connectivity index (χ0n) is 7.54. The van der Waals surface area contributed by atoms with Crippen LogP contribution in [0.25, 0.3) is 0 Å². The molecule has 1 rings (SSSR count). The molecule has 0 bridgehead atoms. The van der Waals surface area contributed by atoms with Crippen molar-refractivity contribution in [2.75, 3.05) is 0 Å². The quantitative estimate of drug-likeness (QED) is 0.542. The van der Waals surface area contributed by atoms with Gasteiger partial charge >= 0.3 is 19.5 Å². The number of benzene rings is 1. The third-order valence-corrected chi connectivity index (χ3v) is 1.64. The number of carboxylic acids is 3. The molecule has 0 aliphatic rings. The predicted molar refractivity (Wildman–Crippen MR) is 39.4 cm³/mol.